The average molecular weight is 532 g/mol. The van der Waals surface area contributed by atoms with Gasteiger partial charge in [-0.3, -0.25) is 19.8 Å². The molecule has 9 nitrogen and oxygen atoms in total. The van der Waals surface area contributed by atoms with Crippen molar-refractivity contribution in [1.82, 2.24) is 9.55 Å². The fraction of sp³-hybridized carbons (Fsp3) is 0.423. The van der Waals surface area contributed by atoms with E-state index in [2.05, 4.69) is 15.0 Å². The van der Waals surface area contributed by atoms with E-state index in [4.69, 9.17) is 21.2 Å². The third-order valence-electron chi connectivity index (χ3n) is 5.95. The molecule has 12 heteroatoms. The summed E-state index contributed by atoms with van der Waals surface area (Å²) in [5, 5.41) is 0. The zero-order valence-electron chi connectivity index (χ0n) is 21.8. The number of aliphatic imine (C=N–C) groups is 3. The number of rotatable bonds is 9. The number of allylic oxidation sites excluding steroid dienone is 1. The minimum Gasteiger partial charge on any atom is -0.497 e. The lowest BCUT2D eigenvalue weighted by Gasteiger charge is -2.20. The molecule has 1 aliphatic rings. The molecule has 0 bridgehead atoms. The summed E-state index contributed by atoms with van der Waals surface area (Å²) >= 11 is 0. The van der Waals surface area contributed by atoms with Crippen molar-refractivity contribution in [3.8, 4) is 17.0 Å². The second kappa shape index (κ2) is 12.1. The SMILES string of the molecule is CCc1cc(OC)cc(-c2nc(C3=NC(C(C=NCCCC(F)(F)F)=C(C)N)CN=C3N)cn(C)c2=O)c1. The molecular formula is C26H32F3N7O2. The molecule has 1 atom stereocenters. The summed E-state index contributed by atoms with van der Waals surface area (Å²) in [6.45, 7) is 3.84. The number of ether oxygens (including phenoxy) is 1. The lowest BCUT2D eigenvalue weighted by molar-refractivity contribution is -0.134. The summed E-state index contributed by atoms with van der Waals surface area (Å²) in [5.74, 6) is 0.752. The third-order valence-corrected chi connectivity index (χ3v) is 5.95. The Kier molecular flexibility index (Phi) is 9.08. The second-order valence-corrected chi connectivity index (χ2v) is 8.93. The Morgan fingerprint density at radius 2 is 2.05 bits per heavy atom. The van der Waals surface area contributed by atoms with Gasteiger partial charge in [-0.25, -0.2) is 4.98 Å². The van der Waals surface area contributed by atoms with E-state index in [0.717, 1.165) is 12.0 Å². The first-order chi connectivity index (χ1) is 17.9. The van der Waals surface area contributed by atoms with Crippen LogP contribution in [-0.4, -0.2) is 59.7 Å². The van der Waals surface area contributed by atoms with Gasteiger partial charge in [0, 0.05) is 49.3 Å². The summed E-state index contributed by atoms with van der Waals surface area (Å²) in [5.41, 5.74) is 15.3. The first-order valence-corrected chi connectivity index (χ1v) is 12.1. The molecule has 1 aromatic heterocycles. The quantitative estimate of drug-likeness (QED) is 0.379. The number of methoxy groups -OCH3 is 1. The molecule has 2 aromatic rings. The van der Waals surface area contributed by atoms with E-state index in [1.165, 1.54) is 17.0 Å². The lowest BCUT2D eigenvalue weighted by Crippen LogP contribution is -2.36. The average Bonchev–Trinajstić information content (AvgIpc) is 2.87. The van der Waals surface area contributed by atoms with Crippen LogP contribution in [0.4, 0.5) is 13.2 Å². The number of nitrogens with zero attached hydrogens (tertiary/aromatic N) is 5. The highest BCUT2D eigenvalue weighted by atomic mass is 19.4. The van der Waals surface area contributed by atoms with E-state index in [1.807, 2.05) is 19.1 Å². The molecule has 0 amide bonds. The maximum atomic E-state index is 13.0. The Morgan fingerprint density at radius 1 is 1.32 bits per heavy atom. The number of benzene rings is 1. The Balaban J connectivity index is 1.99. The van der Waals surface area contributed by atoms with Gasteiger partial charge in [-0.05, 0) is 43.5 Å². The molecule has 204 valence electrons. The molecule has 0 radical (unpaired) electrons. The monoisotopic (exact) mass is 531 g/mol. The molecule has 0 aliphatic carbocycles. The van der Waals surface area contributed by atoms with Gasteiger partial charge in [0.1, 0.15) is 28.7 Å². The Labute approximate surface area is 218 Å². The molecule has 3 rings (SSSR count). The maximum absolute atomic E-state index is 13.0. The number of halogens is 3. The smallest absolute Gasteiger partial charge is 0.389 e. The van der Waals surface area contributed by atoms with E-state index in [0.29, 0.717) is 28.3 Å². The van der Waals surface area contributed by atoms with Crippen molar-refractivity contribution < 1.29 is 17.9 Å². The predicted octanol–water partition coefficient (Wildman–Crippen LogP) is 3.19. The van der Waals surface area contributed by atoms with Crippen LogP contribution in [0.15, 0.2) is 55.4 Å². The van der Waals surface area contributed by atoms with E-state index in [-0.39, 0.29) is 42.3 Å². The lowest BCUT2D eigenvalue weighted by atomic mass is 10.0. The number of hydrogen-bond donors (Lipinski definition) is 2. The van der Waals surface area contributed by atoms with Crippen LogP contribution in [0.2, 0.25) is 0 Å². The molecule has 2 heterocycles. The van der Waals surface area contributed by atoms with Gasteiger partial charge in [0.15, 0.2) is 0 Å². The fourth-order valence-corrected chi connectivity index (χ4v) is 3.90. The highest BCUT2D eigenvalue weighted by molar-refractivity contribution is 6.47. The molecule has 1 aromatic carbocycles. The normalized spacial score (nSPS) is 16.8. The summed E-state index contributed by atoms with van der Waals surface area (Å²) in [4.78, 5) is 30.8. The number of aromatic nitrogens is 2. The second-order valence-electron chi connectivity index (χ2n) is 8.93. The van der Waals surface area contributed by atoms with Gasteiger partial charge < -0.3 is 20.8 Å². The minimum absolute atomic E-state index is 0.00299. The van der Waals surface area contributed by atoms with E-state index in [1.54, 1.807) is 27.1 Å². The summed E-state index contributed by atoms with van der Waals surface area (Å²) in [6.07, 6.45) is -1.56. The van der Waals surface area contributed by atoms with Gasteiger partial charge in [0.05, 0.1) is 19.7 Å². The first-order valence-electron chi connectivity index (χ1n) is 12.1. The predicted molar refractivity (Wildman–Crippen MR) is 143 cm³/mol. The molecule has 4 N–H and O–H groups in total. The Morgan fingerprint density at radius 3 is 2.68 bits per heavy atom. The largest absolute Gasteiger partial charge is 0.497 e. The molecule has 0 saturated heterocycles. The highest BCUT2D eigenvalue weighted by Gasteiger charge is 2.26. The number of aryl methyl sites for hydroxylation is 2. The maximum Gasteiger partial charge on any atom is 0.389 e. The molecule has 0 saturated carbocycles. The Bertz CT molecular complexity index is 1330. The van der Waals surface area contributed by atoms with Gasteiger partial charge in [0.25, 0.3) is 5.56 Å². The van der Waals surface area contributed by atoms with Crippen LogP contribution < -0.4 is 21.8 Å². The van der Waals surface area contributed by atoms with Crippen LogP contribution in [0, 0.1) is 0 Å². The minimum atomic E-state index is -4.22. The van der Waals surface area contributed by atoms with Crippen molar-refractivity contribution in [2.75, 3.05) is 20.2 Å². The zero-order chi connectivity index (χ0) is 28.0. The van der Waals surface area contributed by atoms with Crippen LogP contribution in [0.25, 0.3) is 11.3 Å². The van der Waals surface area contributed by atoms with Gasteiger partial charge in [-0.2, -0.15) is 13.2 Å². The molecular weight excluding hydrogens is 499 g/mol. The zero-order valence-corrected chi connectivity index (χ0v) is 21.8. The molecule has 1 unspecified atom stereocenters. The third kappa shape index (κ3) is 7.08. The number of amidine groups is 1. The van der Waals surface area contributed by atoms with Crippen LogP contribution in [0.5, 0.6) is 5.75 Å². The standard InChI is InChI=1S/C26H32F3N7O2/c1-5-16-9-17(11-18(10-16)38-4)22-25(37)36(3)14-21(35-22)23-24(31)33-13-20(34-23)19(15(2)30)12-32-8-6-7-26(27,28)29/h9-12,14,20H,5-8,13,30H2,1-4H3,(H2,31,33). The summed E-state index contributed by atoms with van der Waals surface area (Å²) < 4.78 is 44.0. The number of hydrogen-bond acceptors (Lipinski definition) is 8. The highest BCUT2D eigenvalue weighted by Crippen LogP contribution is 2.24. The van der Waals surface area contributed by atoms with Crippen molar-refractivity contribution >= 4 is 17.8 Å². The van der Waals surface area contributed by atoms with Crippen LogP contribution in [0.3, 0.4) is 0 Å². The van der Waals surface area contributed by atoms with Crippen molar-refractivity contribution in [3.05, 3.63) is 57.3 Å². The Hall–Kier alpha value is -3.96. The molecule has 1 aliphatic heterocycles. The molecule has 38 heavy (non-hydrogen) atoms. The van der Waals surface area contributed by atoms with Gasteiger partial charge >= 0.3 is 6.18 Å². The summed E-state index contributed by atoms with van der Waals surface area (Å²) in [7, 11) is 3.16. The van der Waals surface area contributed by atoms with E-state index in [9.17, 15) is 18.0 Å². The fourth-order valence-electron chi connectivity index (χ4n) is 3.90. The van der Waals surface area contributed by atoms with Crippen molar-refractivity contribution in [1.29, 1.82) is 0 Å². The van der Waals surface area contributed by atoms with E-state index >= 15 is 0 Å². The van der Waals surface area contributed by atoms with Crippen molar-refractivity contribution in [2.45, 2.75) is 45.3 Å². The van der Waals surface area contributed by atoms with Crippen LogP contribution in [0.1, 0.15) is 37.9 Å². The van der Waals surface area contributed by atoms with Crippen molar-refractivity contribution in [3.63, 3.8) is 0 Å². The molecule has 0 fully saturated rings. The molecule has 0 spiro atoms. The van der Waals surface area contributed by atoms with Gasteiger partial charge in [-0.15, -0.1) is 0 Å². The summed E-state index contributed by atoms with van der Waals surface area (Å²) in [6, 6.07) is 4.95. The number of alkyl halides is 3. The topological polar surface area (TPSA) is 133 Å². The van der Waals surface area contributed by atoms with E-state index < -0.39 is 18.6 Å². The number of nitrogens with two attached hydrogens (primary N) is 2. The van der Waals surface area contributed by atoms with Gasteiger partial charge in [0.2, 0.25) is 0 Å². The van der Waals surface area contributed by atoms with Gasteiger partial charge in [-0.1, -0.05) is 6.92 Å². The van der Waals surface area contributed by atoms with Crippen LogP contribution in [-0.2, 0) is 13.5 Å². The first kappa shape index (κ1) is 28.6. The van der Waals surface area contributed by atoms with Crippen molar-refractivity contribution in [2.24, 2.45) is 33.5 Å². The van der Waals surface area contributed by atoms with Crippen LogP contribution >= 0.6 is 0 Å².